The molecular formula is C16H24F2N2. The Morgan fingerprint density at radius 3 is 2.65 bits per heavy atom. The molecule has 1 heterocycles. The molecule has 112 valence electrons. The third-order valence-corrected chi connectivity index (χ3v) is 4.18. The number of rotatable bonds is 5. The zero-order valence-corrected chi connectivity index (χ0v) is 12.3. The maximum Gasteiger partial charge on any atom is 0.130 e. The van der Waals surface area contributed by atoms with Crippen molar-refractivity contribution in [3.63, 3.8) is 0 Å². The summed E-state index contributed by atoms with van der Waals surface area (Å²) >= 11 is 0. The SMILES string of the molecule is CC1CCN(CCNC(C)c2ccc(F)cc2F)CC1. The molecule has 1 aromatic rings. The highest BCUT2D eigenvalue weighted by Gasteiger charge is 2.16. The van der Waals surface area contributed by atoms with Crippen LogP contribution in [0.5, 0.6) is 0 Å². The zero-order valence-electron chi connectivity index (χ0n) is 12.3. The van der Waals surface area contributed by atoms with Crippen molar-refractivity contribution in [3.05, 3.63) is 35.4 Å². The van der Waals surface area contributed by atoms with Gasteiger partial charge >= 0.3 is 0 Å². The molecule has 20 heavy (non-hydrogen) atoms. The Morgan fingerprint density at radius 2 is 2.00 bits per heavy atom. The third-order valence-electron chi connectivity index (χ3n) is 4.18. The van der Waals surface area contributed by atoms with E-state index in [0.29, 0.717) is 5.56 Å². The van der Waals surface area contributed by atoms with Crippen molar-refractivity contribution in [2.24, 2.45) is 5.92 Å². The van der Waals surface area contributed by atoms with E-state index in [9.17, 15) is 8.78 Å². The number of hydrogen-bond acceptors (Lipinski definition) is 2. The van der Waals surface area contributed by atoms with Crippen molar-refractivity contribution < 1.29 is 8.78 Å². The maximum absolute atomic E-state index is 13.6. The molecule has 1 aromatic carbocycles. The lowest BCUT2D eigenvalue weighted by Gasteiger charge is -2.30. The van der Waals surface area contributed by atoms with Gasteiger partial charge in [-0.3, -0.25) is 0 Å². The first-order valence-electron chi connectivity index (χ1n) is 7.47. The van der Waals surface area contributed by atoms with Crippen LogP contribution in [0.15, 0.2) is 18.2 Å². The number of likely N-dealkylation sites (tertiary alicyclic amines) is 1. The van der Waals surface area contributed by atoms with Gasteiger partial charge in [0.2, 0.25) is 0 Å². The first-order valence-corrected chi connectivity index (χ1v) is 7.47. The van der Waals surface area contributed by atoms with Gasteiger partial charge < -0.3 is 10.2 Å². The normalized spacial score (nSPS) is 19.2. The molecule has 0 aliphatic carbocycles. The Morgan fingerprint density at radius 1 is 1.30 bits per heavy atom. The Kier molecular flexibility index (Phi) is 5.49. The van der Waals surface area contributed by atoms with E-state index in [1.54, 1.807) is 0 Å². The van der Waals surface area contributed by atoms with Crippen LogP contribution in [-0.4, -0.2) is 31.1 Å². The Labute approximate surface area is 120 Å². The molecule has 2 rings (SSSR count). The minimum atomic E-state index is -0.527. The monoisotopic (exact) mass is 282 g/mol. The smallest absolute Gasteiger partial charge is 0.130 e. The van der Waals surface area contributed by atoms with Crippen LogP contribution in [0.25, 0.3) is 0 Å². The molecule has 0 radical (unpaired) electrons. The second-order valence-electron chi connectivity index (χ2n) is 5.87. The van der Waals surface area contributed by atoms with E-state index < -0.39 is 11.6 Å². The molecule has 0 saturated carbocycles. The van der Waals surface area contributed by atoms with E-state index in [1.165, 1.54) is 25.0 Å². The number of hydrogen-bond donors (Lipinski definition) is 1. The molecule has 0 amide bonds. The van der Waals surface area contributed by atoms with E-state index in [0.717, 1.165) is 38.2 Å². The van der Waals surface area contributed by atoms with Crippen LogP contribution in [-0.2, 0) is 0 Å². The van der Waals surface area contributed by atoms with Gasteiger partial charge in [-0.05, 0) is 44.8 Å². The fourth-order valence-corrected chi connectivity index (χ4v) is 2.69. The standard InChI is InChI=1S/C16H24F2N2/c1-12-5-8-20(9-6-12)10-7-19-13(2)15-4-3-14(17)11-16(15)18/h3-4,11-13,19H,5-10H2,1-2H3. The molecular weight excluding hydrogens is 258 g/mol. The summed E-state index contributed by atoms with van der Waals surface area (Å²) in [6.45, 7) is 8.33. The lowest BCUT2D eigenvalue weighted by atomic mass is 9.99. The molecule has 1 aliphatic heterocycles. The van der Waals surface area contributed by atoms with Gasteiger partial charge in [0, 0.05) is 30.8 Å². The molecule has 1 atom stereocenters. The topological polar surface area (TPSA) is 15.3 Å². The molecule has 4 heteroatoms. The third kappa shape index (κ3) is 4.25. The predicted octanol–water partition coefficient (Wildman–Crippen LogP) is 3.35. The van der Waals surface area contributed by atoms with Gasteiger partial charge in [0.1, 0.15) is 11.6 Å². The molecule has 0 spiro atoms. The predicted molar refractivity (Wildman–Crippen MR) is 77.6 cm³/mol. The maximum atomic E-state index is 13.6. The average Bonchev–Trinajstić information content (AvgIpc) is 2.41. The number of nitrogens with zero attached hydrogens (tertiary/aromatic N) is 1. The zero-order chi connectivity index (χ0) is 14.5. The van der Waals surface area contributed by atoms with E-state index in [2.05, 4.69) is 17.1 Å². The van der Waals surface area contributed by atoms with Gasteiger partial charge in [0.15, 0.2) is 0 Å². The highest BCUT2D eigenvalue weighted by Crippen LogP contribution is 2.18. The van der Waals surface area contributed by atoms with Crippen LogP contribution in [0, 0.1) is 17.6 Å². The highest BCUT2D eigenvalue weighted by atomic mass is 19.1. The van der Waals surface area contributed by atoms with Gasteiger partial charge in [0.25, 0.3) is 0 Å². The van der Waals surface area contributed by atoms with Crippen molar-refractivity contribution in [2.45, 2.75) is 32.7 Å². The molecule has 2 nitrogen and oxygen atoms in total. The quantitative estimate of drug-likeness (QED) is 0.891. The van der Waals surface area contributed by atoms with E-state index in [-0.39, 0.29) is 6.04 Å². The number of piperidine rings is 1. The Hall–Kier alpha value is -1.00. The Bertz CT molecular complexity index is 428. The van der Waals surface area contributed by atoms with Gasteiger partial charge in [-0.15, -0.1) is 0 Å². The Balaban J connectivity index is 1.76. The van der Waals surface area contributed by atoms with Gasteiger partial charge in [-0.1, -0.05) is 13.0 Å². The minimum absolute atomic E-state index is 0.0979. The van der Waals surface area contributed by atoms with Crippen LogP contribution in [0.3, 0.4) is 0 Å². The molecule has 0 aromatic heterocycles. The van der Waals surface area contributed by atoms with Gasteiger partial charge in [0.05, 0.1) is 0 Å². The molecule has 1 N–H and O–H groups in total. The summed E-state index contributed by atoms with van der Waals surface area (Å²) in [4.78, 5) is 2.45. The summed E-state index contributed by atoms with van der Waals surface area (Å²) in [6, 6.07) is 3.67. The summed E-state index contributed by atoms with van der Waals surface area (Å²) in [5.41, 5.74) is 0.527. The van der Waals surface area contributed by atoms with Gasteiger partial charge in [-0.25, -0.2) is 8.78 Å². The lowest BCUT2D eigenvalue weighted by Crippen LogP contribution is -2.38. The highest BCUT2D eigenvalue weighted by molar-refractivity contribution is 5.21. The van der Waals surface area contributed by atoms with Crippen molar-refractivity contribution in [2.75, 3.05) is 26.2 Å². The van der Waals surface area contributed by atoms with Crippen LogP contribution < -0.4 is 5.32 Å². The van der Waals surface area contributed by atoms with Crippen LogP contribution in [0.4, 0.5) is 8.78 Å². The summed E-state index contributed by atoms with van der Waals surface area (Å²) in [5.74, 6) is -0.163. The molecule has 1 aliphatic rings. The number of benzene rings is 1. The number of halogens is 2. The summed E-state index contributed by atoms with van der Waals surface area (Å²) in [5, 5.41) is 3.31. The van der Waals surface area contributed by atoms with Gasteiger partial charge in [-0.2, -0.15) is 0 Å². The summed E-state index contributed by atoms with van der Waals surface area (Å²) in [7, 11) is 0. The first-order chi connectivity index (χ1) is 9.56. The first kappa shape index (κ1) is 15.4. The average molecular weight is 282 g/mol. The van der Waals surface area contributed by atoms with Crippen molar-refractivity contribution >= 4 is 0 Å². The van der Waals surface area contributed by atoms with Crippen molar-refractivity contribution in [3.8, 4) is 0 Å². The molecule has 1 fully saturated rings. The lowest BCUT2D eigenvalue weighted by molar-refractivity contribution is 0.191. The summed E-state index contributed by atoms with van der Waals surface area (Å²) < 4.78 is 26.5. The largest absolute Gasteiger partial charge is 0.309 e. The van der Waals surface area contributed by atoms with Crippen LogP contribution >= 0.6 is 0 Å². The number of nitrogens with one attached hydrogen (secondary N) is 1. The molecule has 0 bridgehead atoms. The fraction of sp³-hybridized carbons (Fsp3) is 0.625. The second-order valence-corrected chi connectivity index (χ2v) is 5.87. The van der Waals surface area contributed by atoms with Crippen molar-refractivity contribution in [1.82, 2.24) is 10.2 Å². The van der Waals surface area contributed by atoms with Crippen LogP contribution in [0.1, 0.15) is 38.3 Å². The fourth-order valence-electron chi connectivity index (χ4n) is 2.69. The second kappa shape index (κ2) is 7.14. The van der Waals surface area contributed by atoms with Crippen LogP contribution in [0.2, 0.25) is 0 Å². The molecule has 1 saturated heterocycles. The van der Waals surface area contributed by atoms with Crippen molar-refractivity contribution in [1.29, 1.82) is 0 Å². The van der Waals surface area contributed by atoms with E-state index in [1.807, 2.05) is 6.92 Å². The minimum Gasteiger partial charge on any atom is -0.309 e. The summed E-state index contributed by atoms with van der Waals surface area (Å²) in [6.07, 6.45) is 2.53. The van der Waals surface area contributed by atoms with E-state index >= 15 is 0 Å². The van der Waals surface area contributed by atoms with E-state index in [4.69, 9.17) is 0 Å². The molecule has 1 unspecified atom stereocenters.